The molecule has 0 aliphatic carbocycles. The zero-order valence-electron chi connectivity index (χ0n) is 9.27. The average molecular weight is 307 g/mol. The quantitative estimate of drug-likeness (QED) is 0.374. The summed E-state index contributed by atoms with van der Waals surface area (Å²) in [5.74, 6) is 0. The Morgan fingerprint density at radius 2 is 1.86 bits per heavy atom. The summed E-state index contributed by atoms with van der Waals surface area (Å²) in [6.07, 6.45) is 10.6. The predicted molar refractivity (Wildman–Crippen MR) is 56.5 cm³/mol. The molecule has 2 aliphatic heterocycles. The zero-order chi connectivity index (χ0) is 9.36. The second kappa shape index (κ2) is 4.52. The maximum Gasteiger partial charge on any atom is 0.103 e. The Bertz CT molecular complexity index is 216. The first kappa shape index (κ1) is 12.5. The van der Waals surface area contributed by atoms with E-state index < -0.39 is 0 Å². The molecule has 2 unspecified atom stereocenters. The lowest BCUT2D eigenvalue weighted by molar-refractivity contribution is -0.951. The molecule has 0 radical (unpaired) electrons. The Labute approximate surface area is 105 Å². The molecular formula is C12H22IN. The van der Waals surface area contributed by atoms with Gasteiger partial charge in [-0.25, -0.2) is 0 Å². The maximum absolute atomic E-state index is 3.93. The largest absolute Gasteiger partial charge is 1.00 e. The molecule has 0 aromatic heterocycles. The minimum atomic E-state index is 0. The molecule has 2 fully saturated rings. The fourth-order valence-electron chi connectivity index (χ4n) is 3.62. The van der Waals surface area contributed by atoms with Gasteiger partial charge in [0.2, 0.25) is 0 Å². The van der Waals surface area contributed by atoms with Gasteiger partial charge in [0.15, 0.2) is 0 Å². The van der Waals surface area contributed by atoms with Crippen LogP contribution in [-0.2, 0) is 0 Å². The van der Waals surface area contributed by atoms with Gasteiger partial charge in [-0.15, -0.1) is 6.58 Å². The van der Waals surface area contributed by atoms with Crippen LogP contribution in [0.5, 0.6) is 0 Å². The first-order valence-electron chi connectivity index (χ1n) is 5.68. The molecule has 0 aromatic rings. The van der Waals surface area contributed by atoms with Crippen LogP contribution >= 0.6 is 0 Å². The predicted octanol–water partition coefficient (Wildman–Crippen LogP) is -0.270. The molecule has 2 heteroatoms. The van der Waals surface area contributed by atoms with Crippen LogP contribution in [0.25, 0.3) is 0 Å². The van der Waals surface area contributed by atoms with E-state index in [2.05, 4.69) is 19.7 Å². The van der Waals surface area contributed by atoms with Gasteiger partial charge in [0.1, 0.15) is 5.54 Å². The lowest BCUT2D eigenvalue weighted by Gasteiger charge is -2.49. The highest BCUT2D eigenvalue weighted by atomic mass is 127. The molecule has 0 aromatic carbocycles. The molecule has 0 spiro atoms. The van der Waals surface area contributed by atoms with Crippen molar-refractivity contribution in [1.82, 2.24) is 0 Å². The van der Waals surface area contributed by atoms with Crippen molar-refractivity contribution in [3.8, 4) is 0 Å². The van der Waals surface area contributed by atoms with Gasteiger partial charge in [-0.2, -0.15) is 0 Å². The van der Waals surface area contributed by atoms with Gasteiger partial charge in [-0.3, -0.25) is 0 Å². The number of nitrogens with zero attached hydrogens (tertiary/aromatic N) is 1. The molecule has 2 saturated heterocycles. The van der Waals surface area contributed by atoms with E-state index in [0.29, 0.717) is 5.54 Å². The van der Waals surface area contributed by atoms with E-state index in [1.54, 1.807) is 0 Å². The molecule has 82 valence electrons. The molecule has 1 nitrogen and oxygen atoms in total. The smallest absolute Gasteiger partial charge is 0.103 e. The van der Waals surface area contributed by atoms with Crippen LogP contribution in [0, 0.1) is 0 Å². The van der Waals surface area contributed by atoms with E-state index in [4.69, 9.17) is 0 Å². The minimum absolute atomic E-state index is 0. The SMILES string of the molecule is C=CCC12CCCC[N+]1(C)CCC2.[I-]. The third kappa shape index (κ3) is 1.75. The number of hydrogen-bond acceptors (Lipinski definition) is 0. The fraction of sp³-hybridized carbons (Fsp3) is 0.833. The summed E-state index contributed by atoms with van der Waals surface area (Å²) in [6, 6.07) is 0. The van der Waals surface area contributed by atoms with Crippen molar-refractivity contribution < 1.29 is 28.5 Å². The molecule has 0 N–H and O–H groups in total. The summed E-state index contributed by atoms with van der Waals surface area (Å²) >= 11 is 0. The van der Waals surface area contributed by atoms with Crippen LogP contribution in [0.2, 0.25) is 0 Å². The molecular weight excluding hydrogens is 285 g/mol. The van der Waals surface area contributed by atoms with E-state index in [1.165, 1.54) is 56.1 Å². The van der Waals surface area contributed by atoms with E-state index >= 15 is 0 Å². The standard InChI is InChI=1S/C12H22N.HI/c1-3-7-12-8-4-5-10-13(12,2)11-6-9-12;/h3H,1,4-11H2,2H3;1H/q+1;/p-1. The lowest BCUT2D eigenvalue weighted by atomic mass is 9.82. The van der Waals surface area contributed by atoms with Crippen molar-refractivity contribution in [2.45, 2.75) is 44.1 Å². The lowest BCUT2D eigenvalue weighted by Crippen LogP contribution is -3.00. The molecule has 0 bridgehead atoms. The zero-order valence-corrected chi connectivity index (χ0v) is 11.4. The minimum Gasteiger partial charge on any atom is -1.00 e. The van der Waals surface area contributed by atoms with Crippen molar-refractivity contribution in [3.05, 3.63) is 12.7 Å². The van der Waals surface area contributed by atoms with Gasteiger partial charge < -0.3 is 28.5 Å². The van der Waals surface area contributed by atoms with Crippen molar-refractivity contribution >= 4 is 0 Å². The van der Waals surface area contributed by atoms with Crippen molar-refractivity contribution in [2.75, 3.05) is 20.1 Å². The number of quaternary nitrogens is 1. The van der Waals surface area contributed by atoms with Gasteiger partial charge in [-0.05, 0) is 12.8 Å². The summed E-state index contributed by atoms with van der Waals surface area (Å²) in [4.78, 5) is 0. The topological polar surface area (TPSA) is 0 Å². The molecule has 2 aliphatic rings. The van der Waals surface area contributed by atoms with Crippen LogP contribution in [0.15, 0.2) is 12.7 Å². The Kier molecular flexibility index (Phi) is 4.03. The maximum atomic E-state index is 3.93. The second-order valence-corrected chi connectivity index (χ2v) is 5.12. The third-order valence-corrected chi connectivity index (χ3v) is 4.51. The first-order chi connectivity index (χ1) is 6.22. The molecule has 0 amide bonds. The highest BCUT2D eigenvalue weighted by molar-refractivity contribution is 4.93. The van der Waals surface area contributed by atoms with Crippen molar-refractivity contribution in [1.29, 1.82) is 0 Å². The van der Waals surface area contributed by atoms with Crippen LogP contribution in [0.3, 0.4) is 0 Å². The number of hydrogen-bond donors (Lipinski definition) is 0. The number of fused-ring (bicyclic) bond motifs is 1. The van der Waals surface area contributed by atoms with Crippen LogP contribution < -0.4 is 24.0 Å². The monoisotopic (exact) mass is 307 g/mol. The number of halogens is 1. The summed E-state index contributed by atoms with van der Waals surface area (Å²) < 4.78 is 1.35. The Morgan fingerprint density at radius 1 is 1.21 bits per heavy atom. The Morgan fingerprint density at radius 3 is 2.57 bits per heavy atom. The Balaban J connectivity index is 0.000000980. The molecule has 2 heterocycles. The summed E-state index contributed by atoms with van der Waals surface area (Å²) in [7, 11) is 2.47. The van der Waals surface area contributed by atoms with Gasteiger partial charge in [0.25, 0.3) is 0 Å². The fourth-order valence-corrected chi connectivity index (χ4v) is 3.62. The molecule has 2 rings (SSSR count). The van der Waals surface area contributed by atoms with Crippen LogP contribution in [0.1, 0.15) is 38.5 Å². The molecule has 14 heavy (non-hydrogen) atoms. The van der Waals surface area contributed by atoms with E-state index in [9.17, 15) is 0 Å². The number of piperidine rings is 1. The third-order valence-electron chi connectivity index (χ3n) is 4.51. The highest BCUT2D eigenvalue weighted by Crippen LogP contribution is 2.45. The average Bonchev–Trinajstić information content (AvgIpc) is 2.43. The highest BCUT2D eigenvalue weighted by Gasteiger charge is 2.52. The Hall–Kier alpha value is 0.430. The number of rotatable bonds is 2. The van der Waals surface area contributed by atoms with E-state index in [-0.39, 0.29) is 24.0 Å². The van der Waals surface area contributed by atoms with Crippen molar-refractivity contribution in [3.63, 3.8) is 0 Å². The summed E-state index contributed by atoms with van der Waals surface area (Å²) in [5, 5.41) is 0. The van der Waals surface area contributed by atoms with Gasteiger partial charge >= 0.3 is 0 Å². The summed E-state index contributed by atoms with van der Waals surface area (Å²) in [5.41, 5.74) is 0.597. The molecule has 0 saturated carbocycles. The van der Waals surface area contributed by atoms with E-state index in [1.807, 2.05) is 0 Å². The summed E-state index contributed by atoms with van der Waals surface area (Å²) in [6.45, 7) is 6.75. The van der Waals surface area contributed by atoms with Crippen LogP contribution in [0.4, 0.5) is 0 Å². The first-order valence-corrected chi connectivity index (χ1v) is 5.68. The second-order valence-electron chi connectivity index (χ2n) is 5.12. The van der Waals surface area contributed by atoms with Gasteiger partial charge in [0.05, 0.1) is 20.1 Å². The van der Waals surface area contributed by atoms with Crippen molar-refractivity contribution in [2.24, 2.45) is 0 Å². The normalized spacial score (nSPS) is 41.2. The van der Waals surface area contributed by atoms with Gasteiger partial charge in [-0.1, -0.05) is 6.08 Å². The van der Waals surface area contributed by atoms with Crippen LogP contribution in [-0.4, -0.2) is 30.2 Å². The van der Waals surface area contributed by atoms with E-state index in [0.717, 1.165) is 0 Å². The van der Waals surface area contributed by atoms with Gasteiger partial charge in [0, 0.05) is 25.7 Å². The molecule has 2 atom stereocenters.